The van der Waals surface area contributed by atoms with Crippen molar-refractivity contribution < 1.29 is 23.0 Å². The fraction of sp³-hybridized carbons (Fsp3) is 0.542. The number of hydrogen-bond donors (Lipinski definition) is 1. The van der Waals surface area contributed by atoms with Crippen molar-refractivity contribution in [1.29, 1.82) is 0 Å². The molecule has 7 nitrogen and oxygen atoms in total. The number of rotatable bonds is 7. The molecule has 1 aromatic heterocycles. The molecule has 2 aliphatic heterocycles. The van der Waals surface area contributed by atoms with E-state index in [9.17, 15) is 13.5 Å². The van der Waals surface area contributed by atoms with Crippen LogP contribution in [0.25, 0.3) is 0 Å². The minimum absolute atomic E-state index is 0.152. The minimum atomic E-state index is -3.82. The Kier molecular flexibility index (Phi) is 7.02. The summed E-state index contributed by atoms with van der Waals surface area (Å²) in [5, 5.41) is 9.90. The van der Waals surface area contributed by atoms with E-state index in [2.05, 4.69) is 4.98 Å². The molecule has 0 amide bonds. The van der Waals surface area contributed by atoms with E-state index < -0.39 is 10.0 Å². The number of hydrogen-bond acceptors (Lipinski definition) is 6. The highest BCUT2D eigenvalue weighted by Crippen LogP contribution is 2.36. The molecule has 0 radical (unpaired) electrons. The fourth-order valence-electron chi connectivity index (χ4n) is 4.40. The van der Waals surface area contributed by atoms with Gasteiger partial charge < -0.3 is 14.6 Å². The Balaban J connectivity index is 1.61. The molecule has 2 aliphatic rings. The van der Waals surface area contributed by atoms with Crippen LogP contribution in [0.5, 0.6) is 5.75 Å². The van der Waals surface area contributed by atoms with Gasteiger partial charge in [-0.25, -0.2) is 8.42 Å². The Hall–Kier alpha value is -2.16. The zero-order chi connectivity index (χ0) is 22.7. The van der Waals surface area contributed by atoms with Crippen molar-refractivity contribution in [3.05, 3.63) is 47.3 Å². The smallest absolute Gasteiger partial charge is 0.264 e. The molecular formula is C24H32N2O5S. The Morgan fingerprint density at radius 3 is 2.69 bits per heavy atom. The number of benzene rings is 1. The third-order valence-electron chi connectivity index (χ3n) is 6.38. The topological polar surface area (TPSA) is 89.0 Å². The summed E-state index contributed by atoms with van der Waals surface area (Å²) in [6.07, 6.45) is 4.18. The van der Waals surface area contributed by atoms with Crippen LogP contribution < -0.4 is 9.04 Å². The van der Waals surface area contributed by atoms with Crippen molar-refractivity contribution in [3.63, 3.8) is 0 Å². The van der Waals surface area contributed by atoms with Crippen LogP contribution in [-0.2, 0) is 34.2 Å². The summed E-state index contributed by atoms with van der Waals surface area (Å²) in [6, 6.07) is 8.35. The molecule has 0 aliphatic carbocycles. The van der Waals surface area contributed by atoms with Crippen molar-refractivity contribution in [1.82, 2.24) is 4.98 Å². The first-order valence-corrected chi connectivity index (χ1v) is 12.9. The number of nitrogens with zero attached hydrogens (tertiary/aromatic N) is 2. The van der Waals surface area contributed by atoms with Gasteiger partial charge in [-0.2, -0.15) is 0 Å². The Morgan fingerprint density at radius 2 is 1.97 bits per heavy atom. The second kappa shape index (κ2) is 9.77. The molecule has 2 aromatic rings. The maximum Gasteiger partial charge on any atom is 0.264 e. The molecule has 0 spiro atoms. The number of fused-ring (bicyclic) bond motifs is 1. The molecule has 174 valence electrons. The molecule has 32 heavy (non-hydrogen) atoms. The summed E-state index contributed by atoms with van der Waals surface area (Å²) in [4.78, 5) is 4.82. The van der Waals surface area contributed by atoms with E-state index in [1.165, 1.54) is 10.4 Å². The van der Waals surface area contributed by atoms with Crippen molar-refractivity contribution in [2.45, 2.75) is 63.5 Å². The summed E-state index contributed by atoms with van der Waals surface area (Å²) in [5.41, 5.74) is 2.91. The third-order valence-corrected chi connectivity index (χ3v) is 8.31. The molecule has 8 heteroatoms. The van der Waals surface area contributed by atoms with E-state index >= 15 is 0 Å². The highest BCUT2D eigenvalue weighted by atomic mass is 32.2. The Bertz CT molecular complexity index is 1050. The largest absolute Gasteiger partial charge is 0.493 e. The molecule has 1 aromatic carbocycles. The molecule has 4 rings (SSSR count). The second-order valence-electron chi connectivity index (χ2n) is 8.60. The van der Waals surface area contributed by atoms with Crippen LogP contribution in [-0.4, -0.2) is 44.4 Å². The van der Waals surface area contributed by atoms with Gasteiger partial charge in [-0.15, -0.1) is 0 Å². The molecule has 0 saturated carbocycles. The molecule has 1 fully saturated rings. The quantitative estimate of drug-likeness (QED) is 0.681. The molecule has 3 heterocycles. The first-order chi connectivity index (χ1) is 15.4. The zero-order valence-electron chi connectivity index (χ0n) is 18.8. The van der Waals surface area contributed by atoms with Crippen LogP contribution >= 0.6 is 0 Å². The van der Waals surface area contributed by atoms with Crippen LogP contribution in [0.4, 0.5) is 5.69 Å². The highest BCUT2D eigenvalue weighted by molar-refractivity contribution is 7.92. The number of aryl methyl sites for hydroxylation is 2. The molecule has 1 N–H and O–H groups in total. The lowest BCUT2D eigenvalue weighted by atomic mass is 10.0. The van der Waals surface area contributed by atoms with Gasteiger partial charge in [0.2, 0.25) is 0 Å². The van der Waals surface area contributed by atoms with E-state index in [4.69, 9.17) is 9.47 Å². The van der Waals surface area contributed by atoms with Crippen LogP contribution in [0.3, 0.4) is 0 Å². The van der Waals surface area contributed by atoms with E-state index in [0.717, 1.165) is 50.3 Å². The monoisotopic (exact) mass is 460 g/mol. The van der Waals surface area contributed by atoms with Gasteiger partial charge in [-0.3, -0.25) is 9.29 Å². The number of aliphatic hydroxyl groups excluding tert-OH is 1. The summed E-state index contributed by atoms with van der Waals surface area (Å²) in [7, 11) is -3.82. The Morgan fingerprint density at radius 1 is 1.19 bits per heavy atom. The zero-order valence-corrected chi connectivity index (χ0v) is 19.6. The fourth-order valence-corrected chi connectivity index (χ4v) is 6.17. The van der Waals surface area contributed by atoms with E-state index in [1.54, 1.807) is 12.1 Å². The first-order valence-electron chi connectivity index (χ1n) is 11.4. The number of pyridine rings is 1. The van der Waals surface area contributed by atoms with Gasteiger partial charge in [-0.05, 0) is 75.3 Å². The Labute approximate surface area is 190 Å². The van der Waals surface area contributed by atoms with Gasteiger partial charge in [0.25, 0.3) is 10.0 Å². The van der Waals surface area contributed by atoms with Gasteiger partial charge in [0.1, 0.15) is 5.75 Å². The molecule has 1 unspecified atom stereocenters. The average molecular weight is 461 g/mol. The van der Waals surface area contributed by atoms with E-state index in [1.807, 2.05) is 26.0 Å². The molecule has 1 atom stereocenters. The van der Waals surface area contributed by atoms with Gasteiger partial charge >= 0.3 is 0 Å². The van der Waals surface area contributed by atoms with Gasteiger partial charge in [0.15, 0.2) is 0 Å². The van der Waals surface area contributed by atoms with Crippen LogP contribution in [0, 0.1) is 5.92 Å². The predicted octanol–water partition coefficient (Wildman–Crippen LogP) is 3.47. The van der Waals surface area contributed by atoms with Crippen molar-refractivity contribution >= 4 is 15.7 Å². The van der Waals surface area contributed by atoms with E-state index in [0.29, 0.717) is 35.9 Å². The minimum Gasteiger partial charge on any atom is -0.493 e. The van der Waals surface area contributed by atoms with E-state index in [-0.39, 0.29) is 17.5 Å². The van der Waals surface area contributed by atoms with Gasteiger partial charge in [-0.1, -0.05) is 6.92 Å². The number of anilines is 1. The van der Waals surface area contributed by atoms with Crippen molar-refractivity contribution in [2.24, 2.45) is 5.92 Å². The molecule has 0 bridgehead atoms. The maximum absolute atomic E-state index is 13.7. The number of aliphatic hydroxyl groups is 1. The number of ether oxygens (including phenoxy) is 2. The van der Waals surface area contributed by atoms with Crippen LogP contribution in [0.15, 0.2) is 35.2 Å². The van der Waals surface area contributed by atoms with Crippen molar-refractivity contribution in [2.75, 3.05) is 24.1 Å². The summed E-state index contributed by atoms with van der Waals surface area (Å²) in [5.74, 6) is 0.934. The van der Waals surface area contributed by atoms with Gasteiger partial charge in [0.05, 0.1) is 29.5 Å². The summed E-state index contributed by atoms with van der Waals surface area (Å²) >= 11 is 0. The first kappa shape index (κ1) is 23.0. The third kappa shape index (κ3) is 4.63. The lowest BCUT2D eigenvalue weighted by Crippen LogP contribution is -2.42. The van der Waals surface area contributed by atoms with Crippen LogP contribution in [0.2, 0.25) is 0 Å². The normalized spacial score (nSPS) is 19.6. The summed E-state index contributed by atoms with van der Waals surface area (Å²) in [6.45, 7) is 5.68. The molecular weight excluding hydrogens is 428 g/mol. The number of aromatic nitrogens is 1. The van der Waals surface area contributed by atoms with Crippen LogP contribution in [0.1, 0.15) is 50.1 Å². The second-order valence-corrected chi connectivity index (χ2v) is 10.4. The highest BCUT2D eigenvalue weighted by Gasteiger charge is 2.35. The lowest BCUT2D eigenvalue weighted by Gasteiger charge is -2.35. The SMILES string of the molecule is CCc1ccc2c(n1)CCC(C)N2S(=O)(=O)c1ccc(OCC2CCOCC2)c(CO)c1. The lowest BCUT2D eigenvalue weighted by molar-refractivity contribution is 0.0494. The predicted molar refractivity (Wildman–Crippen MR) is 122 cm³/mol. The standard InChI is InChI=1S/C24H32N2O5S/c1-3-20-5-8-23-22(25-20)7-4-17(2)26(23)32(28,29)21-6-9-24(19(14-21)15-27)31-16-18-10-12-30-13-11-18/h5-6,8-9,14,17-18,27H,3-4,7,10-13,15-16H2,1-2H3. The average Bonchev–Trinajstić information content (AvgIpc) is 2.82. The summed E-state index contributed by atoms with van der Waals surface area (Å²) < 4.78 is 40.1. The maximum atomic E-state index is 13.7. The number of sulfonamides is 1. The van der Waals surface area contributed by atoms with Gasteiger partial charge in [0, 0.05) is 30.5 Å². The van der Waals surface area contributed by atoms with Crippen molar-refractivity contribution in [3.8, 4) is 5.75 Å². The molecule has 1 saturated heterocycles.